The molecule has 1 aliphatic rings. The molecule has 0 fully saturated rings. The van der Waals surface area contributed by atoms with Crippen molar-refractivity contribution >= 4 is 22.7 Å². The number of carbonyl (C=O) groups excluding carboxylic acids is 1. The van der Waals surface area contributed by atoms with Crippen molar-refractivity contribution in [3.63, 3.8) is 0 Å². The molecule has 148 valence electrons. The van der Waals surface area contributed by atoms with Crippen LogP contribution in [0.4, 0.5) is 4.39 Å². The second kappa shape index (κ2) is 9.09. The molecule has 2 aromatic rings. The van der Waals surface area contributed by atoms with Gasteiger partial charge in [-0.3, -0.25) is 14.2 Å². The molecule has 0 saturated heterocycles. The molecule has 9 heteroatoms. The van der Waals surface area contributed by atoms with Crippen LogP contribution in [0.2, 0.25) is 0 Å². The maximum absolute atomic E-state index is 12.5. The third kappa shape index (κ3) is 5.03. The highest BCUT2D eigenvalue weighted by atomic mass is 32.2. The van der Waals surface area contributed by atoms with Crippen LogP contribution in [0.3, 0.4) is 0 Å². The quantitative estimate of drug-likeness (QED) is 0.534. The number of ketones is 1. The molecule has 28 heavy (non-hydrogen) atoms. The van der Waals surface area contributed by atoms with Crippen LogP contribution in [0, 0.1) is 0 Å². The summed E-state index contributed by atoms with van der Waals surface area (Å²) in [5.41, 5.74) is 7.27. The van der Waals surface area contributed by atoms with Crippen molar-refractivity contribution in [3.8, 4) is 5.88 Å². The molecule has 0 bridgehead atoms. The van der Waals surface area contributed by atoms with E-state index >= 15 is 0 Å². The number of thioether (sulfide) groups is 1. The summed E-state index contributed by atoms with van der Waals surface area (Å²) in [6.07, 6.45) is 5.74. The number of Topliss-reactive ketones (excluding diaryl/α,β-unsaturated/α-hetero) is 1. The van der Waals surface area contributed by atoms with Gasteiger partial charge in [0.15, 0.2) is 11.0 Å². The fraction of sp³-hybridized carbons (Fsp3) is 0.421. The van der Waals surface area contributed by atoms with Gasteiger partial charge in [0.1, 0.15) is 11.2 Å². The zero-order valence-corrected chi connectivity index (χ0v) is 16.4. The number of nitrogens with zero attached hydrogens (tertiary/aromatic N) is 4. The predicted octanol–water partition coefficient (Wildman–Crippen LogP) is 2.70. The minimum absolute atomic E-state index is 0.160. The number of pyridine rings is 1. The first kappa shape index (κ1) is 20.2. The molecule has 3 rings (SSSR count). The second-order valence-electron chi connectivity index (χ2n) is 6.60. The van der Waals surface area contributed by atoms with Crippen molar-refractivity contribution in [1.82, 2.24) is 15.0 Å². The maximum Gasteiger partial charge on any atom is 0.232 e. The fourth-order valence-corrected chi connectivity index (χ4v) is 3.77. The van der Waals surface area contributed by atoms with Crippen molar-refractivity contribution in [3.05, 3.63) is 47.7 Å². The Hall–Kier alpha value is -2.55. The molecule has 1 atom stereocenters. The van der Waals surface area contributed by atoms with Crippen LogP contribution in [0.5, 0.6) is 5.88 Å². The molecule has 0 amide bonds. The topological polar surface area (TPSA) is 103 Å². The van der Waals surface area contributed by atoms with Crippen LogP contribution in [-0.4, -0.2) is 44.9 Å². The minimum Gasteiger partial charge on any atom is -0.476 e. The Bertz CT molecular complexity index is 862. The van der Waals surface area contributed by atoms with E-state index in [1.54, 1.807) is 12.3 Å². The average molecular weight is 403 g/mol. The third-order valence-corrected chi connectivity index (χ3v) is 5.17. The van der Waals surface area contributed by atoms with Gasteiger partial charge in [0.2, 0.25) is 5.88 Å². The van der Waals surface area contributed by atoms with Gasteiger partial charge in [0.25, 0.3) is 0 Å². The lowest BCUT2D eigenvalue weighted by Gasteiger charge is -2.28. The number of hydrogen-bond donors (Lipinski definition) is 1. The van der Waals surface area contributed by atoms with E-state index < -0.39 is 12.2 Å². The number of aromatic nitrogens is 3. The fourth-order valence-electron chi connectivity index (χ4n) is 2.79. The standard InChI is InChI=1S/C19H22FN5O2S/c1-19(4-8-28-18(21)25-19)16-10-13(3-6-22-16)9-15(26)14-11-24-17(12-23-14)27-7-2-5-20/h3,6,10-12H,2,4-5,7-9H2,1H3,(H2,21,25)/t19-/m0/s1. The number of alkyl halides is 1. The van der Waals surface area contributed by atoms with Gasteiger partial charge in [-0.1, -0.05) is 11.8 Å². The van der Waals surface area contributed by atoms with Crippen molar-refractivity contribution in [1.29, 1.82) is 0 Å². The highest BCUT2D eigenvalue weighted by Gasteiger charge is 2.31. The molecule has 0 aliphatic carbocycles. The smallest absolute Gasteiger partial charge is 0.232 e. The number of rotatable bonds is 8. The normalized spacial score (nSPS) is 19.1. The van der Waals surface area contributed by atoms with Crippen LogP contribution in [0.15, 0.2) is 35.7 Å². The van der Waals surface area contributed by atoms with Crippen LogP contribution >= 0.6 is 11.8 Å². The summed E-state index contributed by atoms with van der Waals surface area (Å²) in [6.45, 7) is 1.77. The molecule has 0 spiro atoms. The van der Waals surface area contributed by atoms with Crippen molar-refractivity contribution < 1.29 is 13.9 Å². The molecule has 2 N–H and O–H groups in total. The number of carbonyl (C=O) groups is 1. The lowest BCUT2D eigenvalue weighted by Crippen LogP contribution is -2.29. The monoisotopic (exact) mass is 403 g/mol. The number of ether oxygens (including phenoxy) is 1. The third-order valence-electron chi connectivity index (χ3n) is 4.38. The van der Waals surface area contributed by atoms with Gasteiger partial charge in [-0.2, -0.15) is 0 Å². The van der Waals surface area contributed by atoms with Gasteiger partial charge in [-0.15, -0.1) is 0 Å². The van der Waals surface area contributed by atoms with Gasteiger partial charge in [-0.05, 0) is 31.0 Å². The summed E-state index contributed by atoms with van der Waals surface area (Å²) < 4.78 is 17.3. The lowest BCUT2D eigenvalue weighted by atomic mass is 9.93. The van der Waals surface area contributed by atoms with Gasteiger partial charge in [0.05, 0.1) is 31.4 Å². The van der Waals surface area contributed by atoms with Gasteiger partial charge >= 0.3 is 0 Å². The lowest BCUT2D eigenvalue weighted by molar-refractivity contribution is 0.0987. The molecular formula is C19H22FN5O2S. The van der Waals surface area contributed by atoms with Crippen LogP contribution in [0.25, 0.3) is 0 Å². The molecular weight excluding hydrogens is 381 g/mol. The number of aliphatic imine (C=N–C) groups is 1. The molecule has 0 radical (unpaired) electrons. The van der Waals surface area contributed by atoms with Crippen molar-refractivity contribution in [2.45, 2.75) is 31.7 Å². The Morgan fingerprint density at radius 3 is 2.93 bits per heavy atom. The summed E-state index contributed by atoms with van der Waals surface area (Å²) in [5, 5.41) is 0.557. The molecule has 3 heterocycles. The predicted molar refractivity (Wildman–Crippen MR) is 106 cm³/mol. The summed E-state index contributed by atoms with van der Waals surface area (Å²) >= 11 is 1.54. The second-order valence-corrected chi connectivity index (χ2v) is 7.72. The first-order valence-corrected chi connectivity index (χ1v) is 9.96. The van der Waals surface area contributed by atoms with E-state index in [1.807, 2.05) is 13.0 Å². The summed E-state index contributed by atoms with van der Waals surface area (Å²) in [4.78, 5) is 29.7. The zero-order valence-electron chi connectivity index (χ0n) is 15.6. The Morgan fingerprint density at radius 1 is 1.36 bits per heavy atom. The first-order chi connectivity index (χ1) is 13.5. The van der Waals surface area contributed by atoms with Crippen LogP contribution < -0.4 is 10.5 Å². The van der Waals surface area contributed by atoms with Gasteiger partial charge in [0, 0.05) is 24.8 Å². The SMILES string of the molecule is C[C@@]1(c2cc(CC(=O)c3cnc(OCCCF)cn3)ccn2)CCSC(N)=N1. The van der Waals surface area contributed by atoms with Crippen molar-refractivity contribution in [2.75, 3.05) is 19.0 Å². The molecule has 7 nitrogen and oxygen atoms in total. The van der Waals surface area contributed by atoms with Gasteiger partial charge < -0.3 is 10.5 Å². The van der Waals surface area contributed by atoms with Gasteiger partial charge in [-0.25, -0.2) is 15.0 Å². The average Bonchev–Trinajstić information content (AvgIpc) is 2.69. The van der Waals surface area contributed by atoms with E-state index in [0.717, 1.165) is 23.4 Å². The van der Waals surface area contributed by atoms with E-state index in [-0.39, 0.29) is 30.4 Å². The Labute approximate surface area is 167 Å². The summed E-state index contributed by atoms with van der Waals surface area (Å²) in [7, 11) is 0. The van der Waals surface area contributed by atoms with E-state index in [1.165, 1.54) is 24.2 Å². The van der Waals surface area contributed by atoms with E-state index in [0.29, 0.717) is 11.6 Å². The highest BCUT2D eigenvalue weighted by molar-refractivity contribution is 8.13. The molecule has 2 aromatic heterocycles. The first-order valence-electron chi connectivity index (χ1n) is 8.98. The number of hydrogen-bond acceptors (Lipinski definition) is 8. The number of nitrogens with two attached hydrogens (primary N) is 1. The summed E-state index contributed by atoms with van der Waals surface area (Å²) in [6, 6.07) is 3.70. The van der Waals surface area contributed by atoms with Crippen LogP contribution in [-0.2, 0) is 12.0 Å². The Kier molecular flexibility index (Phi) is 6.56. The summed E-state index contributed by atoms with van der Waals surface area (Å²) in [5.74, 6) is 0.994. The number of amidine groups is 1. The zero-order chi connectivity index (χ0) is 20.0. The molecule has 0 saturated carbocycles. The van der Waals surface area contributed by atoms with Crippen molar-refractivity contribution in [2.24, 2.45) is 10.7 Å². The van der Waals surface area contributed by atoms with E-state index in [2.05, 4.69) is 19.9 Å². The largest absolute Gasteiger partial charge is 0.476 e. The van der Waals surface area contributed by atoms with E-state index in [4.69, 9.17) is 10.5 Å². The Balaban J connectivity index is 1.68. The molecule has 1 aliphatic heterocycles. The maximum atomic E-state index is 12.5. The van der Waals surface area contributed by atoms with E-state index in [9.17, 15) is 9.18 Å². The molecule has 0 unspecified atom stereocenters. The minimum atomic E-state index is -0.479. The molecule has 0 aromatic carbocycles. The van der Waals surface area contributed by atoms with Crippen LogP contribution in [0.1, 0.15) is 41.5 Å². The highest BCUT2D eigenvalue weighted by Crippen LogP contribution is 2.34. The Morgan fingerprint density at radius 2 is 2.21 bits per heavy atom. The number of halogens is 1.